The fourth-order valence-electron chi connectivity index (χ4n) is 2.58. The lowest BCUT2D eigenvalue weighted by atomic mass is 9.88. The van der Waals surface area contributed by atoms with Crippen LogP contribution in [0.3, 0.4) is 0 Å². The fraction of sp³-hybridized carbons (Fsp3) is 0.462. The topological polar surface area (TPSA) is 66.6 Å². The van der Waals surface area contributed by atoms with Crippen LogP contribution in [0.15, 0.2) is 30.3 Å². The number of piperidine rings is 1. The zero-order valence-corrected chi connectivity index (χ0v) is 9.91. The first-order valence-electron chi connectivity index (χ1n) is 5.93. The molecule has 0 saturated carbocycles. The lowest BCUT2D eigenvalue weighted by molar-refractivity contribution is 0.0672. The van der Waals surface area contributed by atoms with Gasteiger partial charge in [-0.3, -0.25) is 4.90 Å². The molecule has 1 fully saturated rings. The van der Waals surface area contributed by atoms with Crippen molar-refractivity contribution in [3.8, 4) is 0 Å². The van der Waals surface area contributed by atoms with Gasteiger partial charge in [-0.2, -0.15) is 0 Å². The van der Waals surface area contributed by atoms with E-state index in [1.807, 2.05) is 37.3 Å². The second-order valence-corrected chi connectivity index (χ2v) is 4.64. The third kappa shape index (κ3) is 2.26. The number of carbonyl (C=O) groups is 1. The van der Waals surface area contributed by atoms with Crippen LogP contribution in [0.2, 0.25) is 0 Å². The summed E-state index contributed by atoms with van der Waals surface area (Å²) in [7, 11) is 0. The Bertz CT molecular complexity index is 394. The molecule has 4 nitrogen and oxygen atoms in total. The second kappa shape index (κ2) is 4.75. The molecule has 1 amide bonds. The summed E-state index contributed by atoms with van der Waals surface area (Å²) in [6, 6.07) is 9.33. The maximum Gasteiger partial charge on any atom is 0.408 e. The van der Waals surface area contributed by atoms with Gasteiger partial charge in [0.1, 0.15) is 0 Å². The number of hydrogen-bond acceptors (Lipinski definition) is 2. The normalized spacial score (nSPS) is 29.1. The summed E-state index contributed by atoms with van der Waals surface area (Å²) in [6.07, 6.45) is 0.808. The first-order chi connectivity index (χ1) is 8.11. The van der Waals surface area contributed by atoms with Gasteiger partial charge in [-0.05, 0) is 25.3 Å². The van der Waals surface area contributed by atoms with Gasteiger partial charge in [0.2, 0.25) is 0 Å². The highest BCUT2D eigenvalue weighted by Crippen LogP contribution is 2.33. The molecule has 1 aromatic rings. The second-order valence-electron chi connectivity index (χ2n) is 4.64. The SMILES string of the molecule is C[C@@H]1CC[C@@H](N)[C@@H](c2ccccc2)N1C(=O)O. The van der Waals surface area contributed by atoms with Crippen LogP contribution in [0.25, 0.3) is 0 Å². The molecule has 92 valence electrons. The molecule has 0 aliphatic carbocycles. The Balaban J connectivity index is 2.35. The summed E-state index contributed by atoms with van der Waals surface area (Å²) in [5.41, 5.74) is 7.08. The van der Waals surface area contributed by atoms with Gasteiger partial charge in [0.15, 0.2) is 0 Å². The molecule has 4 heteroatoms. The van der Waals surface area contributed by atoms with Gasteiger partial charge in [-0.25, -0.2) is 4.79 Å². The number of carboxylic acid groups (broad SMARTS) is 1. The third-order valence-electron chi connectivity index (χ3n) is 3.46. The van der Waals surface area contributed by atoms with Crippen molar-refractivity contribution in [1.82, 2.24) is 4.90 Å². The van der Waals surface area contributed by atoms with Crippen molar-refractivity contribution < 1.29 is 9.90 Å². The molecular formula is C13H18N2O2. The molecule has 2 rings (SSSR count). The smallest absolute Gasteiger partial charge is 0.408 e. The third-order valence-corrected chi connectivity index (χ3v) is 3.46. The van der Waals surface area contributed by atoms with E-state index in [1.54, 1.807) is 0 Å². The zero-order chi connectivity index (χ0) is 12.4. The Morgan fingerprint density at radius 2 is 2.00 bits per heavy atom. The minimum absolute atomic E-state index is 0.0255. The Labute approximate surface area is 101 Å². The van der Waals surface area contributed by atoms with Crippen LogP contribution in [0.1, 0.15) is 31.4 Å². The van der Waals surface area contributed by atoms with Gasteiger partial charge in [0.05, 0.1) is 6.04 Å². The minimum atomic E-state index is -0.887. The number of rotatable bonds is 1. The van der Waals surface area contributed by atoms with Crippen LogP contribution in [-0.4, -0.2) is 28.2 Å². The number of benzene rings is 1. The standard InChI is InChI=1S/C13H18N2O2/c1-9-7-8-11(14)12(15(9)13(16)17)10-5-3-2-4-6-10/h2-6,9,11-12H,7-8,14H2,1H3,(H,16,17)/t9-,11-,12-/m1/s1. The van der Waals surface area contributed by atoms with Crippen molar-refractivity contribution in [2.24, 2.45) is 5.73 Å². The molecule has 3 atom stereocenters. The van der Waals surface area contributed by atoms with Crippen LogP contribution >= 0.6 is 0 Å². The molecule has 17 heavy (non-hydrogen) atoms. The summed E-state index contributed by atoms with van der Waals surface area (Å²) in [5.74, 6) is 0. The van der Waals surface area contributed by atoms with E-state index in [0.717, 1.165) is 18.4 Å². The molecule has 0 aromatic heterocycles. The predicted molar refractivity (Wildman–Crippen MR) is 65.7 cm³/mol. The molecule has 3 N–H and O–H groups in total. The number of nitrogens with zero attached hydrogens (tertiary/aromatic N) is 1. The Hall–Kier alpha value is -1.55. The van der Waals surface area contributed by atoms with Crippen LogP contribution in [0, 0.1) is 0 Å². The lowest BCUT2D eigenvalue weighted by Gasteiger charge is -2.42. The molecule has 0 unspecified atom stereocenters. The van der Waals surface area contributed by atoms with Crippen LogP contribution in [0.4, 0.5) is 4.79 Å². The van der Waals surface area contributed by atoms with Crippen molar-refractivity contribution in [2.75, 3.05) is 0 Å². The number of amides is 1. The van der Waals surface area contributed by atoms with Gasteiger partial charge in [-0.1, -0.05) is 30.3 Å². The molecular weight excluding hydrogens is 216 g/mol. The monoisotopic (exact) mass is 234 g/mol. The summed E-state index contributed by atoms with van der Waals surface area (Å²) in [4.78, 5) is 12.9. The highest BCUT2D eigenvalue weighted by molar-refractivity contribution is 5.66. The Morgan fingerprint density at radius 1 is 1.35 bits per heavy atom. The van der Waals surface area contributed by atoms with E-state index < -0.39 is 6.09 Å². The van der Waals surface area contributed by atoms with Crippen molar-refractivity contribution in [1.29, 1.82) is 0 Å². The van der Waals surface area contributed by atoms with E-state index in [4.69, 9.17) is 5.73 Å². The number of hydrogen-bond donors (Lipinski definition) is 2. The highest BCUT2D eigenvalue weighted by Gasteiger charge is 2.37. The van der Waals surface area contributed by atoms with E-state index in [9.17, 15) is 9.90 Å². The summed E-state index contributed by atoms with van der Waals surface area (Å²) in [6.45, 7) is 1.94. The van der Waals surface area contributed by atoms with E-state index >= 15 is 0 Å². The number of likely N-dealkylation sites (tertiary alicyclic amines) is 1. The molecule has 1 aliphatic rings. The summed E-state index contributed by atoms with van der Waals surface area (Å²) in [5, 5.41) is 9.33. The van der Waals surface area contributed by atoms with E-state index in [0.29, 0.717) is 0 Å². The average molecular weight is 234 g/mol. The number of nitrogens with two attached hydrogens (primary N) is 1. The highest BCUT2D eigenvalue weighted by atomic mass is 16.4. The molecule has 0 radical (unpaired) electrons. The van der Waals surface area contributed by atoms with Gasteiger partial charge in [0.25, 0.3) is 0 Å². The van der Waals surface area contributed by atoms with Crippen LogP contribution in [0.5, 0.6) is 0 Å². The van der Waals surface area contributed by atoms with Crippen LogP contribution in [-0.2, 0) is 0 Å². The van der Waals surface area contributed by atoms with Gasteiger partial charge in [0, 0.05) is 12.1 Å². The molecule has 1 aliphatic heterocycles. The van der Waals surface area contributed by atoms with Gasteiger partial charge < -0.3 is 10.8 Å². The maximum absolute atomic E-state index is 11.4. The molecule has 1 saturated heterocycles. The average Bonchev–Trinajstić information content (AvgIpc) is 2.32. The van der Waals surface area contributed by atoms with Crippen molar-refractivity contribution in [3.63, 3.8) is 0 Å². The van der Waals surface area contributed by atoms with E-state index in [1.165, 1.54) is 4.90 Å². The first kappa shape index (κ1) is 11.9. The van der Waals surface area contributed by atoms with Crippen molar-refractivity contribution in [3.05, 3.63) is 35.9 Å². The Morgan fingerprint density at radius 3 is 2.59 bits per heavy atom. The molecule has 0 bridgehead atoms. The fourth-order valence-corrected chi connectivity index (χ4v) is 2.58. The largest absolute Gasteiger partial charge is 0.465 e. The zero-order valence-electron chi connectivity index (χ0n) is 9.91. The van der Waals surface area contributed by atoms with E-state index in [-0.39, 0.29) is 18.1 Å². The summed E-state index contributed by atoms with van der Waals surface area (Å²) < 4.78 is 0. The Kier molecular flexibility index (Phi) is 3.33. The van der Waals surface area contributed by atoms with Crippen molar-refractivity contribution >= 4 is 6.09 Å². The minimum Gasteiger partial charge on any atom is -0.465 e. The van der Waals surface area contributed by atoms with Gasteiger partial charge in [-0.15, -0.1) is 0 Å². The van der Waals surface area contributed by atoms with Crippen molar-refractivity contribution in [2.45, 2.75) is 37.9 Å². The van der Waals surface area contributed by atoms with E-state index in [2.05, 4.69) is 0 Å². The molecule has 0 spiro atoms. The quantitative estimate of drug-likeness (QED) is 0.783. The molecule has 1 aromatic carbocycles. The molecule has 1 heterocycles. The maximum atomic E-state index is 11.4. The first-order valence-corrected chi connectivity index (χ1v) is 5.93. The summed E-state index contributed by atoms with van der Waals surface area (Å²) >= 11 is 0. The van der Waals surface area contributed by atoms with Gasteiger partial charge >= 0.3 is 6.09 Å². The lowest BCUT2D eigenvalue weighted by Crippen LogP contribution is -2.52. The van der Waals surface area contributed by atoms with Crippen LogP contribution < -0.4 is 5.73 Å². The predicted octanol–water partition coefficient (Wildman–Crippen LogP) is 2.22.